The number of para-hydroxylation sites is 1. The maximum absolute atomic E-state index is 15.0. The number of methoxy groups -OCH3 is 1. The molecule has 0 aromatic heterocycles. The third kappa shape index (κ3) is 7.38. The van der Waals surface area contributed by atoms with Gasteiger partial charge in [0.15, 0.2) is 0 Å². The molecular formula is C30H36FN3O5S. The molecule has 0 saturated carbocycles. The van der Waals surface area contributed by atoms with Crippen molar-refractivity contribution in [1.29, 1.82) is 0 Å². The molecule has 10 heteroatoms. The van der Waals surface area contributed by atoms with E-state index in [1.54, 1.807) is 50.4 Å². The number of carbonyl (C=O) groups is 2. The van der Waals surface area contributed by atoms with Crippen LogP contribution in [0, 0.1) is 12.7 Å². The maximum Gasteiger partial charge on any atom is 0.264 e. The number of nitrogens with zero attached hydrogens (tertiary/aromatic N) is 2. The standard InChI is InChI=1S/C30H36FN3O5S/c1-6-27(30(36)32-21(2)3)33(19-23-13-15-24(39-5)16-14-23)29(35)20-34(28-10-8-7-9-26(28)31)40(37,38)25-17-11-22(4)12-18-25/h7-18,21,27H,6,19-20H2,1-5H3,(H,32,36)/t27-/m0/s1. The minimum absolute atomic E-state index is 0.0303. The summed E-state index contributed by atoms with van der Waals surface area (Å²) in [4.78, 5) is 28.4. The first-order chi connectivity index (χ1) is 19.0. The lowest BCUT2D eigenvalue weighted by atomic mass is 10.1. The van der Waals surface area contributed by atoms with Gasteiger partial charge in [-0.3, -0.25) is 13.9 Å². The monoisotopic (exact) mass is 569 g/mol. The molecular weight excluding hydrogens is 533 g/mol. The van der Waals surface area contributed by atoms with Gasteiger partial charge in [0.2, 0.25) is 11.8 Å². The van der Waals surface area contributed by atoms with Gasteiger partial charge in [0.05, 0.1) is 17.7 Å². The molecule has 1 N–H and O–H groups in total. The molecule has 8 nitrogen and oxygen atoms in total. The van der Waals surface area contributed by atoms with E-state index in [1.807, 2.05) is 20.8 Å². The van der Waals surface area contributed by atoms with E-state index in [4.69, 9.17) is 4.74 Å². The highest BCUT2D eigenvalue weighted by molar-refractivity contribution is 7.92. The number of ether oxygens (including phenoxy) is 1. The number of hydrogen-bond acceptors (Lipinski definition) is 5. The van der Waals surface area contributed by atoms with E-state index in [1.165, 1.54) is 35.2 Å². The minimum atomic E-state index is -4.35. The summed E-state index contributed by atoms with van der Waals surface area (Å²) in [6.45, 7) is 6.54. The van der Waals surface area contributed by atoms with Gasteiger partial charge in [-0.05, 0) is 69.2 Å². The number of aryl methyl sites for hydroxylation is 1. The van der Waals surface area contributed by atoms with Crippen LogP contribution in [0.5, 0.6) is 5.75 Å². The molecule has 0 aliphatic heterocycles. The van der Waals surface area contributed by atoms with E-state index in [0.29, 0.717) is 11.3 Å². The van der Waals surface area contributed by atoms with E-state index in [0.717, 1.165) is 15.9 Å². The van der Waals surface area contributed by atoms with Gasteiger partial charge >= 0.3 is 0 Å². The zero-order valence-corrected chi connectivity index (χ0v) is 24.2. The lowest BCUT2D eigenvalue weighted by Crippen LogP contribution is -2.53. The molecule has 3 aromatic rings. The Morgan fingerprint density at radius 1 is 0.975 bits per heavy atom. The van der Waals surface area contributed by atoms with Gasteiger partial charge in [-0.25, -0.2) is 12.8 Å². The summed E-state index contributed by atoms with van der Waals surface area (Å²) in [5.74, 6) is -1.18. The van der Waals surface area contributed by atoms with Crippen LogP contribution >= 0.6 is 0 Å². The zero-order chi connectivity index (χ0) is 29.4. The quantitative estimate of drug-likeness (QED) is 0.342. The summed E-state index contributed by atoms with van der Waals surface area (Å²) in [5, 5.41) is 2.84. The van der Waals surface area contributed by atoms with Gasteiger partial charge in [-0.15, -0.1) is 0 Å². The number of sulfonamides is 1. The third-order valence-corrected chi connectivity index (χ3v) is 8.11. The molecule has 0 spiro atoms. The summed E-state index contributed by atoms with van der Waals surface area (Å²) < 4.78 is 48.6. The lowest BCUT2D eigenvalue weighted by Gasteiger charge is -2.33. The van der Waals surface area contributed by atoms with Gasteiger partial charge in [-0.1, -0.05) is 48.9 Å². The molecule has 0 unspecified atom stereocenters. The highest BCUT2D eigenvalue weighted by atomic mass is 32.2. The fourth-order valence-corrected chi connectivity index (χ4v) is 5.65. The first-order valence-corrected chi connectivity index (χ1v) is 14.5. The number of anilines is 1. The Bertz CT molecular complexity index is 1410. The van der Waals surface area contributed by atoms with E-state index in [-0.39, 0.29) is 35.5 Å². The van der Waals surface area contributed by atoms with Crippen LogP contribution in [-0.2, 0) is 26.2 Å². The molecule has 0 aliphatic rings. The second kappa shape index (κ2) is 13.4. The van der Waals surface area contributed by atoms with Crippen molar-refractivity contribution >= 4 is 27.5 Å². The zero-order valence-electron chi connectivity index (χ0n) is 23.4. The van der Waals surface area contributed by atoms with E-state index < -0.39 is 34.3 Å². The molecule has 0 radical (unpaired) electrons. The molecule has 214 valence electrons. The number of hydrogen-bond donors (Lipinski definition) is 1. The highest BCUT2D eigenvalue weighted by Crippen LogP contribution is 2.27. The van der Waals surface area contributed by atoms with Crippen LogP contribution < -0.4 is 14.4 Å². The predicted molar refractivity (Wildman–Crippen MR) is 153 cm³/mol. The second-order valence-corrected chi connectivity index (χ2v) is 11.6. The number of nitrogens with one attached hydrogen (secondary N) is 1. The number of amides is 2. The minimum Gasteiger partial charge on any atom is -0.497 e. The van der Waals surface area contributed by atoms with Gasteiger partial charge in [0.1, 0.15) is 24.2 Å². The molecule has 0 fully saturated rings. The smallest absolute Gasteiger partial charge is 0.264 e. The summed E-state index contributed by atoms with van der Waals surface area (Å²) in [6, 6.07) is 17.4. The third-order valence-electron chi connectivity index (χ3n) is 6.34. The molecule has 3 rings (SSSR count). The summed E-state index contributed by atoms with van der Waals surface area (Å²) in [7, 11) is -2.81. The average molecular weight is 570 g/mol. The number of carbonyl (C=O) groups excluding carboxylic acids is 2. The normalized spacial score (nSPS) is 12.1. The summed E-state index contributed by atoms with van der Waals surface area (Å²) in [5.41, 5.74) is 1.30. The Labute approximate surface area is 235 Å². The Hall–Kier alpha value is -3.92. The largest absolute Gasteiger partial charge is 0.497 e. The SMILES string of the molecule is CC[C@@H](C(=O)NC(C)C)N(Cc1ccc(OC)cc1)C(=O)CN(c1ccccc1F)S(=O)(=O)c1ccc(C)cc1. The van der Waals surface area contributed by atoms with Gasteiger partial charge in [0, 0.05) is 12.6 Å². The van der Waals surface area contributed by atoms with Crippen LogP contribution in [0.15, 0.2) is 77.7 Å². The van der Waals surface area contributed by atoms with Crippen molar-refractivity contribution in [3.8, 4) is 5.75 Å². The fourth-order valence-electron chi connectivity index (χ4n) is 4.23. The van der Waals surface area contributed by atoms with Crippen LogP contribution in [0.3, 0.4) is 0 Å². The second-order valence-electron chi connectivity index (χ2n) is 9.73. The van der Waals surface area contributed by atoms with Gasteiger partial charge in [0.25, 0.3) is 10.0 Å². The van der Waals surface area contributed by atoms with Crippen molar-refractivity contribution < 1.29 is 27.1 Å². The molecule has 0 bridgehead atoms. The molecule has 0 saturated heterocycles. The first-order valence-electron chi connectivity index (χ1n) is 13.0. The van der Waals surface area contributed by atoms with Crippen molar-refractivity contribution in [2.75, 3.05) is 18.0 Å². The topological polar surface area (TPSA) is 96.0 Å². The number of halogens is 1. The molecule has 1 atom stereocenters. The first kappa shape index (κ1) is 30.6. The van der Waals surface area contributed by atoms with Crippen LogP contribution in [-0.4, -0.2) is 50.9 Å². The van der Waals surface area contributed by atoms with E-state index >= 15 is 4.39 Å². The average Bonchev–Trinajstić information content (AvgIpc) is 2.92. The van der Waals surface area contributed by atoms with Crippen molar-refractivity contribution in [1.82, 2.24) is 10.2 Å². The fraction of sp³-hybridized carbons (Fsp3) is 0.333. The Balaban J connectivity index is 2.07. The molecule has 0 aliphatic carbocycles. The summed E-state index contributed by atoms with van der Waals surface area (Å²) in [6.07, 6.45) is 0.283. The Morgan fingerprint density at radius 3 is 2.15 bits per heavy atom. The molecule has 2 amide bonds. The van der Waals surface area contributed by atoms with Crippen LogP contribution in [0.1, 0.15) is 38.3 Å². The Kier molecular flexibility index (Phi) is 10.3. The van der Waals surface area contributed by atoms with Crippen molar-refractivity contribution in [2.24, 2.45) is 0 Å². The molecule has 0 heterocycles. The van der Waals surface area contributed by atoms with E-state index in [2.05, 4.69) is 5.32 Å². The van der Waals surface area contributed by atoms with E-state index in [9.17, 15) is 18.0 Å². The van der Waals surface area contributed by atoms with Crippen LogP contribution in [0.25, 0.3) is 0 Å². The molecule has 3 aromatic carbocycles. The van der Waals surface area contributed by atoms with Crippen molar-refractivity contribution in [3.63, 3.8) is 0 Å². The Morgan fingerprint density at radius 2 is 1.60 bits per heavy atom. The summed E-state index contributed by atoms with van der Waals surface area (Å²) >= 11 is 0. The number of rotatable bonds is 12. The number of benzene rings is 3. The van der Waals surface area contributed by atoms with Crippen molar-refractivity contribution in [3.05, 3.63) is 89.7 Å². The van der Waals surface area contributed by atoms with Gasteiger partial charge in [-0.2, -0.15) is 0 Å². The van der Waals surface area contributed by atoms with Crippen LogP contribution in [0.4, 0.5) is 10.1 Å². The predicted octanol–water partition coefficient (Wildman–Crippen LogP) is 4.67. The highest BCUT2D eigenvalue weighted by Gasteiger charge is 2.34. The maximum atomic E-state index is 15.0. The van der Waals surface area contributed by atoms with Gasteiger partial charge < -0.3 is 15.0 Å². The molecule has 40 heavy (non-hydrogen) atoms. The van der Waals surface area contributed by atoms with Crippen molar-refractivity contribution in [2.45, 2.75) is 57.6 Å². The van der Waals surface area contributed by atoms with Crippen LogP contribution in [0.2, 0.25) is 0 Å². The lowest BCUT2D eigenvalue weighted by molar-refractivity contribution is -0.140.